The predicted octanol–water partition coefficient (Wildman–Crippen LogP) is 2.61. The Kier molecular flexibility index (Phi) is 4.42. The van der Waals surface area contributed by atoms with Crippen molar-refractivity contribution in [1.29, 1.82) is 0 Å². The molecule has 6 heteroatoms. The number of nitrogens with two attached hydrogens (primary N) is 1. The van der Waals surface area contributed by atoms with Gasteiger partial charge in [-0.05, 0) is 18.3 Å². The molecule has 1 atom stereocenters. The van der Waals surface area contributed by atoms with Crippen LogP contribution in [-0.4, -0.2) is 33.3 Å². The van der Waals surface area contributed by atoms with E-state index in [0.29, 0.717) is 28.1 Å². The minimum Gasteiger partial charge on any atom is -0.492 e. The third-order valence-corrected chi connectivity index (χ3v) is 5.14. The Morgan fingerprint density at radius 2 is 2.15 bits per heavy atom. The molecule has 0 bridgehead atoms. The smallest absolute Gasteiger partial charge is 0.350 e. The van der Waals surface area contributed by atoms with Crippen LogP contribution in [0.15, 0.2) is 0 Å². The fourth-order valence-electron chi connectivity index (χ4n) is 2.58. The molecule has 1 fully saturated rings. The van der Waals surface area contributed by atoms with Crippen LogP contribution in [0.4, 0.5) is 10.7 Å². The first-order chi connectivity index (χ1) is 9.49. The highest BCUT2D eigenvalue weighted by Gasteiger charge is 2.31. The number of thiophene rings is 1. The van der Waals surface area contributed by atoms with E-state index in [-0.39, 0.29) is 0 Å². The fraction of sp³-hybridized carbons (Fsp3) is 0.643. The minimum absolute atomic E-state index is 0.382. The minimum atomic E-state index is -0.406. The van der Waals surface area contributed by atoms with Gasteiger partial charge in [-0.3, -0.25) is 0 Å². The van der Waals surface area contributed by atoms with Gasteiger partial charge in [-0.2, -0.15) is 0 Å². The number of nitrogens with zero attached hydrogens (tertiary/aromatic N) is 1. The van der Waals surface area contributed by atoms with Crippen LogP contribution in [0.25, 0.3) is 0 Å². The monoisotopic (exact) mass is 298 g/mol. The van der Waals surface area contributed by atoms with Crippen molar-refractivity contribution in [2.24, 2.45) is 11.8 Å². The Balaban J connectivity index is 2.30. The molecule has 0 radical (unpaired) electrons. The predicted molar refractivity (Wildman–Crippen MR) is 81.8 cm³/mol. The van der Waals surface area contributed by atoms with Crippen molar-refractivity contribution in [3.05, 3.63) is 4.88 Å². The summed E-state index contributed by atoms with van der Waals surface area (Å²) in [7, 11) is 2.94. The average Bonchev–Trinajstić information content (AvgIpc) is 3.02. The lowest BCUT2D eigenvalue weighted by molar-refractivity contribution is 0.0607. The molecule has 1 unspecified atom stereocenters. The molecule has 0 aromatic carbocycles. The van der Waals surface area contributed by atoms with E-state index in [1.54, 1.807) is 7.11 Å². The summed E-state index contributed by atoms with van der Waals surface area (Å²) in [5.74, 6) is 1.52. The number of methoxy groups -OCH3 is 2. The lowest BCUT2D eigenvalue weighted by Crippen LogP contribution is -2.20. The SMILES string of the molecule is COC(=O)c1sc(N2CCC(C(C)C)C2)c(OC)c1N. The van der Waals surface area contributed by atoms with Gasteiger partial charge < -0.3 is 20.1 Å². The molecule has 5 nitrogen and oxygen atoms in total. The van der Waals surface area contributed by atoms with Crippen molar-refractivity contribution in [2.75, 3.05) is 37.9 Å². The zero-order valence-electron chi connectivity index (χ0n) is 12.4. The van der Waals surface area contributed by atoms with E-state index in [1.165, 1.54) is 18.4 Å². The molecule has 1 aromatic heterocycles. The summed E-state index contributed by atoms with van der Waals surface area (Å²) in [6.45, 7) is 6.44. The van der Waals surface area contributed by atoms with Gasteiger partial charge in [0.25, 0.3) is 0 Å². The summed E-state index contributed by atoms with van der Waals surface area (Å²) in [6.07, 6.45) is 1.16. The maximum atomic E-state index is 11.7. The van der Waals surface area contributed by atoms with E-state index in [4.69, 9.17) is 15.2 Å². The number of esters is 1. The summed E-state index contributed by atoms with van der Waals surface area (Å²) in [4.78, 5) is 14.4. The van der Waals surface area contributed by atoms with Gasteiger partial charge in [-0.1, -0.05) is 13.8 Å². The second-order valence-corrected chi connectivity index (χ2v) is 6.41. The lowest BCUT2D eigenvalue weighted by Gasteiger charge is -2.19. The third kappa shape index (κ3) is 2.57. The molecule has 1 aliphatic heterocycles. The van der Waals surface area contributed by atoms with E-state index in [9.17, 15) is 4.79 Å². The van der Waals surface area contributed by atoms with Gasteiger partial charge in [-0.25, -0.2) is 4.79 Å². The number of ether oxygens (including phenoxy) is 2. The van der Waals surface area contributed by atoms with E-state index in [0.717, 1.165) is 24.5 Å². The molecule has 0 amide bonds. The molecule has 2 heterocycles. The highest BCUT2D eigenvalue weighted by Crippen LogP contribution is 2.46. The molecule has 20 heavy (non-hydrogen) atoms. The van der Waals surface area contributed by atoms with Gasteiger partial charge >= 0.3 is 5.97 Å². The molecule has 1 saturated heterocycles. The van der Waals surface area contributed by atoms with Crippen LogP contribution in [0.1, 0.15) is 29.9 Å². The Morgan fingerprint density at radius 3 is 2.65 bits per heavy atom. The van der Waals surface area contributed by atoms with Crippen molar-refractivity contribution < 1.29 is 14.3 Å². The quantitative estimate of drug-likeness (QED) is 0.866. The standard InChI is InChI=1S/C14H22N2O3S/c1-8(2)9-5-6-16(7-9)13-11(18-3)10(15)12(20-13)14(17)19-4/h8-9H,5-7,15H2,1-4H3. The van der Waals surface area contributed by atoms with Crippen molar-refractivity contribution in [3.63, 3.8) is 0 Å². The van der Waals surface area contributed by atoms with Gasteiger partial charge in [0.05, 0.1) is 14.2 Å². The van der Waals surface area contributed by atoms with Crippen LogP contribution in [0, 0.1) is 11.8 Å². The number of carbonyl (C=O) groups is 1. The Bertz CT molecular complexity index is 499. The topological polar surface area (TPSA) is 64.8 Å². The lowest BCUT2D eigenvalue weighted by atomic mass is 9.95. The Labute approximate surface area is 123 Å². The first-order valence-electron chi connectivity index (χ1n) is 6.79. The molecule has 0 aliphatic carbocycles. The molecule has 2 rings (SSSR count). The first kappa shape index (κ1) is 15.0. The summed E-state index contributed by atoms with van der Waals surface area (Å²) < 4.78 is 10.2. The third-order valence-electron chi connectivity index (χ3n) is 3.91. The Morgan fingerprint density at radius 1 is 1.45 bits per heavy atom. The number of anilines is 2. The number of nitrogen functional groups attached to an aromatic ring is 1. The molecule has 2 N–H and O–H groups in total. The molecular weight excluding hydrogens is 276 g/mol. The zero-order chi connectivity index (χ0) is 14.9. The summed E-state index contributed by atoms with van der Waals surface area (Å²) in [5, 5.41) is 0.938. The van der Waals surface area contributed by atoms with Gasteiger partial charge in [0.15, 0.2) is 5.75 Å². The second-order valence-electron chi connectivity index (χ2n) is 5.41. The largest absolute Gasteiger partial charge is 0.492 e. The summed E-state index contributed by atoms with van der Waals surface area (Å²) in [6, 6.07) is 0. The highest BCUT2D eigenvalue weighted by molar-refractivity contribution is 7.19. The van der Waals surface area contributed by atoms with Crippen molar-refractivity contribution in [3.8, 4) is 5.75 Å². The van der Waals surface area contributed by atoms with Crippen LogP contribution in [0.5, 0.6) is 5.75 Å². The average molecular weight is 298 g/mol. The number of hydrogen-bond acceptors (Lipinski definition) is 6. The van der Waals surface area contributed by atoms with E-state index >= 15 is 0 Å². The van der Waals surface area contributed by atoms with Crippen molar-refractivity contribution in [1.82, 2.24) is 0 Å². The van der Waals surface area contributed by atoms with Crippen LogP contribution in [-0.2, 0) is 4.74 Å². The zero-order valence-corrected chi connectivity index (χ0v) is 13.3. The number of hydrogen-bond donors (Lipinski definition) is 1. The van der Waals surface area contributed by atoms with E-state index in [1.807, 2.05) is 0 Å². The van der Waals surface area contributed by atoms with Crippen LogP contribution < -0.4 is 15.4 Å². The molecule has 0 saturated carbocycles. The highest BCUT2D eigenvalue weighted by atomic mass is 32.1. The molecule has 112 valence electrons. The number of rotatable bonds is 4. The maximum absolute atomic E-state index is 11.7. The summed E-state index contributed by atoms with van der Waals surface area (Å²) in [5.41, 5.74) is 6.39. The van der Waals surface area contributed by atoms with Crippen LogP contribution in [0.3, 0.4) is 0 Å². The van der Waals surface area contributed by atoms with Crippen LogP contribution in [0.2, 0.25) is 0 Å². The number of carbonyl (C=O) groups excluding carboxylic acids is 1. The molecule has 1 aliphatic rings. The van der Waals surface area contributed by atoms with E-state index < -0.39 is 5.97 Å². The molecular formula is C14H22N2O3S. The summed E-state index contributed by atoms with van der Waals surface area (Å²) >= 11 is 1.36. The molecule has 1 aromatic rings. The van der Waals surface area contributed by atoms with E-state index in [2.05, 4.69) is 18.7 Å². The maximum Gasteiger partial charge on any atom is 0.350 e. The normalized spacial score (nSPS) is 18.6. The second kappa shape index (κ2) is 5.91. The first-order valence-corrected chi connectivity index (χ1v) is 7.60. The van der Waals surface area contributed by atoms with Gasteiger partial charge in [0, 0.05) is 13.1 Å². The van der Waals surface area contributed by atoms with Gasteiger partial charge in [0.1, 0.15) is 15.6 Å². The van der Waals surface area contributed by atoms with Crippen LogP contribution >= 0.6 is 11.3 Å². The molecule has 0 spiro atoms. The van der Waals surface area contributed by atoms with Gasteiger partial charge in [-0.15, -0.1) is 11.3 Å². The fourth-order valence-corrected chi connectivity index (χ4v) is 3.73. The Hall–Kier alpha value is -1.43. The van der Waals surface area contributed by atoms with Crippen molar-refractivity contribution >= 4 is 28.0 Å². The van der Waals surface area contributed by atoms with Crippen molar-refractivity contribution in [2.45, 2.75) is 20.3 Å². The van der Waals surface area contributed by atoms with Gasteiger partial charge in [0.2, 0.25) is 0 Å².